The molecule has 12 nitrogen and oxygen atoms in total. The van der Waals surface area contributed by atoms with Gasteiger partial charge in [-0.1, -0.05) is 13.8 Å². The van der Waals surface area contributed by atoms with Crippen LogP contribution >= 0.6 is 0 Å². The van der Waals surface area contributed by atoms with Crippen LogP contribution in [0, 0.1) is 10.8 Å². The second kappa shape index (κ2) is 12.4. The van der Waals surface area contributed by atoms with E-state index in [4.69, 9.17) is 20.3 Å². The number of amides is 1. The number of hydrogen-bond donors (Lipinski definition) is 4. The van der Waals surface area contributed by atoms with Gasteiger partial charge in [0.2, 0.25) is 6.10 Å². The van der Waals surface area contributed by atoms with Gasteiger partial charge in [0.25, 0.3) is 5.91 Å². The number of phenolic OH excluding ortho intramolecular Hbond substituents is 2. The zero-order valence-electron chi connectivity index (χ0n) is 23.7. The second-order valence-corrected chi connectivity index (χ2v) is 10.7. The summed E-state index contributed by atoms with van der Waals surface area (Å²) in [4.78, 5) is 51.5. The van der Waals surface area contributed by atoms with Crippen LogP contribution in [0.15, 0.2) is 36.4 Å². The Morgan fingerprint density at radius 2 is 1.55 bits per heavy atom. The van der Waals surface area contributed by atoms with Crippen molar-refractivity contribution in [3.8, 4) is 11.5 Å². The normalized spacial score (nSPS) is 16.0. The predicted molar refractivity (Wildman–Crippen MR) is 153 cm³/mol. The summed E-state index contributed by atoms with van der Waals surface area (Å²) in [6.07, 6.45) is -2.14. The van der Waals surface area contributed by atoms with Gasteiger partial charge in [0.1, 0.15) is 29.3 Å². The fourth-order valence-corrected chi connectivity index (χ4v) is 5.05. The lowest BCUT2D eigenvalue weighted by atomic mass is 9.98. The quantitative estimate of drug-likeness (QED) is 0.170. The van der Waals surface area contributed by atoms with Gasteiger partial charge < -0.3 is 24.6 Å². The zero-order chi connectivity index (χ0) is 30.7. The summed E-state index contributed by atoms with van der Waals surface area (Å²) < 4.78 is 10.2. The molecule has 42 heavy (non-hydrogen) atoms. The number of ether oxygens (including phenoxy) is 2. The lowest BCUT2D eigenvalue weighted by Crippen LogP contribution is -2.42. The van der Waals surface area contributed by atoms with Crippen LogP contribution in [-0.2, 0) is 19.1 Å². The van der Waals surface area contributed by atoms with Crippen molar-refractivity contribution in [2.24, 2.45) is 0 Å². The van der Waals surface area contributed by atoms with E-state index in [0.717, 1.165) is 0 Å². The number of nitrogens with zero attached hydrogens (tertiary/aromatic N) is 2. The number of aromatic hydroxyl groups is 2. The van der Waals surface area contributed by atoms with Crippen molar-refractivity contribution < 1.29 is 38.9 Å². The Morgan fingerprint density at radius 1 is 0.952 bits per heavy atom. The standard InChI is InChI=1S/C30H34N4O8/c1-16(2)21-14-22(26(38)15-25(21)37)28(32)34(17(3)31)19-6-4-18(5-7-19)29(39)33-12-10-20(11-13-33)41-30(40)42-27-23(35)8-9-24(27)36/h4-7,14-16,20,27,31-32,37-38H,8-13H2,1-3H3. The van der Waals surface area contributed by atoms with Crippen molar-refractivity contribution in [1.82, 2.24) is 4.90 Å². The molecule has 12 heteroatoms. The minimum Gasteiger partial charge on any atom is -0.508 e. The van der Waals surface area contributed by atoms with E-state index in [1.807, 2.05) is 13.8 Å². The van der Waals surface area contributed by atoms with Crippen LogP contribution in [0.3, 0.4) is 0 Å². The van der Waals surface area contributed by atoms with Gasteiger partial charge in [0.05, 0.1) is 5.56 Å². The first-order chi connectivity index (χ1) is 19.9. The maximum atomic E-state index is 13.1. The Hall–Kier alpha value is -4.74. The van der Waals surface area contributed by atoms with E-state index >= 15 is 0 Å². The van der Waals surface area contributed by atoms with Crippen molar-refractivity contribution in [2.45, 2.75) is 64.6 Å². The highest BCUT2D eigenvalue weighted by Gasteiger charge is 2.37. The summed E-state index contributed by atoms with van der Waals surface area (Å²) >= 11 is 0. The highest BCUT2D eigenvalue weighted by Crippen LogP contribution is 2.34. The van der Waals surface area contributed by atoms with Gasteiger partial charge in [-0.3, -0.25) is 30.1 Å². The molecular formula is C30H34N4O8. The fourth-order valence-electron chi connectivity index (χ4n) is 5.05. The molecule has 4 N–H and O–H groups in total. The Balaban J connectivity index is 1.38. The smallest absolute Gasteiger partial charge is 0.508 e. The lowest BCUT2D eigenvalue weighted by molar-refractivity contribution is -0.135. The number of rotatable bonds is 6. The average molecular weight is 579 g/mol. The number of hydrogen-bond acceptors (Lipinski definition) is 10. The van der Waals surface area contributed by atoms with Crippen LogP contribution in [0.4, 0.5) is 10.5 Å². The van der Waals surface area contributed by atoms with E-state index in [9.17, 15) is 29.4 Å². The van der Waals surface area contributed by atoms with E-state index in [2.05, 4.69) is 0 Å². The Morgan fingerprint density at radius 3 is 2.10 bits per heavy atom. The van der Waals surface area contributed by atoms with Gasteiger partial charge in [-0.25, -0.2) is 4.79 Å². The zero-order valence-corrected chi connectivity index (χ0v) is 23.7. The number of nitrogens with one attached hydrogen (secondary N) is 2. The van der Waals surface area contributed by atoms with Crippen molar-refractivity contribution >= 4 is 41.0 Å². The molecule has 1 heterocycles. The van der Waals surface area contributed by atoms with Crippen LogP contribution in [0.25, 0.3) is 0 Å². The Kier molecular flexibility index (Phi) is 8.93. The second-order valence-electron chi connectivity index (χ2n) is 10.7. The molecule has 1 aliphatic heterocycles. The number of ketones is 2. The van der Waals surface area contributed by atoms with Crippen molar-refractivity contribution in [3.05, 3.63) is 53.1 Å². The topological polar surface area (TPSA) is 181 Å². The van der Waals surface area contributed by atoms with Gasteiger partial charge in [-0.05, 0) is 48.7 Å². The van der Waals surface area contributed by atoms with E-state index in [-0.39, 0.29) is 53.4 Å². The lowest BCUT2D eigenvalue weighted by Gasteiger charge is -2.31. The van der Waals surface area contributed by atoms with Crippen molar-refractivity contribution in [1.29, 1.82) is 10.8 Å². The summed E-state index contributed by atoms with van der Waals surface area (Å²) in [6.45, 7) is 5.88. The summed E-state index contributed by atoms with van der Waals surface area (Å²) in [5, 5.41) is 37.6. The minimum absolute atomic E-state index is 0.0138. The third-order valence-corrected chi connectivity index (χ3v) is 7.36. The first kappa shape index (κ1) is 30.2. The number of anilines is 1. The molecule has 2 fully saturated rings. The van der Waals surface area contributed by atoms with Crippen LogP contribution in [0.2, 0.25) is 0 Å². The average Bonchev–Trinajstić information content (AvgIpc) is 3.25. The molecule has 0 radical (unpaired) electrons. The molecule has 4 rings (SSSR count). The van der Waals surface area contributed by atoms with Crippen LogP contribution in [-0.4, -0.2) is 75.7 Å². The molecule has 0 unspecified atom stereocenters. The number of Topliss-reactive ketones (excluding diaryl/α,β-unsaturated/α-hetero) is 2. The highest BCUT2D eigenvalue weighted by molar-refractivity contribution is 6.23. The third-order valence-electron chi connectivity index (χ3n) is 7.36. The largest absolute Gasteiger partial charge is 0.509 e. The molecule has 1 aliphatic carbocycles. The van der Waals surface area contributed by atoms with Crippen molar-refractivity contribution in [3.63, 3.8) is 0 Å². The van der Waals surface area contributed by atoms with Crippen LogP contribution in [0.1, 0.15) is 73.9 Å². The van der Waals surface area contributed by atoms with Crippen molar-refractivity contribution in [2.75, 3.05) is 18.0 Å². The van der Waals surface area contributed by atoms with Crippen LogP contribution < -0.4 is 4.90 Å². The van der Waals surface area contributed by atoms with E-state index in [1.54, 1.807) is 29.2 Å². The van der Waals surface area contributed by atoms with E-state index < -0.39 is 29.9 Å². The van der Waals surface area contributed by atoms with Gasteiger partial charge in [-0.15, -0.1) is 0 Å². The van der Waals surface area contributed by atoms with E-state index in [1.165, 1.54) is 24.0 Å². The summed E-state index contributed by atoms with van der Waals surface area (Å²) in [5.74, 6) is -1.68. The molecule has 2 aliphatic rings. The number of amidine groups is 2. The molecular weight excluding hydrogens is 544 g/mol. The molecule has 1 amide bonds. The molecule has 2 aromatic rings. The summed E-state index contributed by atoms with van der Waals surface area (Å²) in [5.41, 5.74) is 1.53. The van der Waals surface area contributed by atoms with E-state index in [0.29, 0.717) is 42.7 Å². The highest BCUT2D eigenvalue weighted by atomic mass is 16.7. The van der Waals surface area contributed by atoms with Gasteiger partial charge >= 0.3 is 6.16 Å². The SMILES string of the molecule is CC(=N)N(C(=N)c1cc(C(C)C)c(O)cc1O)c1ccc(C(=O)N2CCC(OC(=O)OC3C(=O)CCC3=O)CC2)cc1. The number of likely N-dealkylation sites (tertiary alicyclic amines) is 1. The van der Waals surface area contributed by atoms with Gasteiger partial charge in [-0.2, -0.15) is 0 Å². The molecule has 0 bridgehead atoms. The molecule has 222 valence electrons. The molecule has 1 saturated heterocycles. The molecule has 0 atom stereocenters. The molecule has 0 aromatic heterocycles. The first-order valence-corrected chi connectivity index (χ1v) is 13.7. The molecule has 2 aromatic carbocycles. The molecule has 0 spiro atoms. The maximum absolute atomic E-state index is 13.1. The molecule has 1 saturated carbocycles. The number of carbonyl (C=O) groups is 4. The number of carbonyl (C=O) groups excluding carboxylic acids is 4. The Labute approximate surface area is 242 Å². The summed E-state index contributed by atoms with van der Waals surface area (Å²) in [7, 11) is 0. The van der Waals surface area contributed by atoms with Crippen LogP contribution in [0.5, 0.6) is 11.5 Å². The van der Waals surface area contributed by atoms with Gasteiger partial charge in [0, 0.05) is 56.1 Å². The maximum Gasteiger partial charge on any atom is 0.509 e. The predicted octanol–water partition coefficient (Wildman–Crippen LogP) is 4.11. The minimum atomic E-state index is -1.39. The number of phenols is 2. The van der Waals surface area contributed by atoms with Gasteiger partial charge in [0.15, 0.2) is 11.6 Å². The summed E-state index contributed by atoms with van der Waals surface area (Å²) in [6, 6.07) is 9.12. The number of benzene rings is 2. The fraction of sp³-hybridized carbons (Fsp3) is 0.400. The first-order valence-electron chi connectivity index (χ1n) is 13.7. The Bertz CT molecular complexity index is 1410. The third kappa shape index (κ3) is 6.42. The monoisotopic (exact) mass is 578 g/mol. The number of piperidine rings is 1.